The maximum Gasteiger partial charge on any atom is 0.403 e. The molecule has 0 radical (unpaired) electrons. The number of hydrogen-bond acceptors (Lipinski definition) is 6. The fourth-order valence-corrected chi connectivity index (χ4v) is 1.33. The van der Waals surface area contributed by atoms with Gasteiger partial charge in [0.05, 0.1) is 0 Å². The summed E-state index contributed by atoms with van der Waals surface area (Å²) < 4.78 is 29.8. The van der Waals surface area contributed by atoms with Crippen LogP contribution < -0.4 is 0 Å². The van der Waals surface area contributed by atoms with Crippen molar-refractivity contribution < 1.29 is 31.8 Å². The van der Waals surface area contributed by atoms with Crippen LogP contribution in [0.5, 0.6) is 0 Å². The first-order valence-electron chi connectivity index (χ1n) is 3.81. The molecule has 8 heteroatoms. The molecule has 0 bridgehead atoms. The zero-order valence-corrected chi connectivity index (χ0v) is 8.52. The Morgan fingerprint density at radius 2 is 1.93 bits per heavy atom. The van der Waals surface area contributed by atoms with Crippen molar-refractivity contribution in [3.05, 3.63) is 0 Å². The number of carbonyl (C=O) groups is 1. The summed E-state index contributed by atoms with van der Waals surface area (Å²) in [6.07, 6.45) is -3.03. The van der Waals surface area contributed by atoms with E-state index in [-0.39, 0.29) is 6.42 Å². The van der Waals surface area contributed by atoms with E-state index in [1.165, 1.54) is 6.92 Å². The van der Waals surface area contributed by atoms with Crippen molar-refractivity contribution in [2.75, 3.05) is 0 Å². The average molecular weight is 228 g/mol. The lowest BCUT2D eigenvalue weighted by Gasteiger charge is -2.11. The van der Waals surface area contributed by atoms with E-state index >= 15 is 0 Å². The van der Waals surface area contributed by atoms with Crippen LogP contribution in [0.1, 0.15) is 20.3 Å². The molecule has 2 atom stereocenters. The number of carboxylic acid groups (broad SMARTS) is 1. The average Bonchev–Trinajstić information content (AvgIpc) is 2.02. The van der Waals surface area contributed by atoms with Crippen molar-refractivity contribution in [1.29, 1.82) is 0 Å². The molecule has 0 saturated carbocycles. The van der Waals surface area contributed by atoms with Crippen molar-refractivity contribution >= 4 is 16.4 Å². The Bertz CT molecular complexity index is 283. The van der Waals surface area contributed by atoms with E-state index in [4.69, 9.17) is 10.2 Å². The molecule has 0 saturated heterocycles. The van der Waals surface area contributed by atoms with Crippen LogP contribution in [0.4, 0.5) is 0 Å². The number of aliphatic carboxylic acids is 1. The second kappa shape index (κ2) is 5.25. The molecule has 14 heavy (non-hydrogen) atoms. The third-order valence-electron chi connectivity index (χ3n) is 1.19. The monoisotopic (exact) mass is 228 g/mol. The van der Waals surface area contributed by atoms with Gasteiger partial charge in [0.1, 0.15) is 0 Å². The largest absolute Gasteiger partial charge is 0.479 e. The standard InChI is InChI=1S/C6H12O7S/c1-3-5(7)13-14(10,11)12-4(2)6(8)9/h4-5,7H,3H2,1-2H3,(H,8,9). The number of rotatable bonds is 6. The summed E-state index contributed by atoms with van der Waals surface area (Å²) in [6.45, 7) is 2.52. The first-order chi connectivity index (χ1) is 6.28. The summed E-state index contributed by atoms with van der Waals surface area (Å²) in [5, 5.41) is 17.1. The minimum Gasteiger partial charge on any atom is -0.479 e. The van der Waals surface area contributed by atoms with Gasteiger partial charge in [-0.25, -0.2) is 13.2 Å². The van der Waals surface area contributed by atoms with Crippen LogP contribution in [0.25, 0.3) is 0 Å². The van der Waals surface area contributed by atoms with E-state index in [1.807, 2.05) is 0 Å². The molecular formula is C6H12O7S. The van der Waals surface area contributed by atoms with E-state index in [1.54, 1.807) is 0 Å². The van der Waals surface area contributed by atoms with Gasteiger partial charge in [-0.3, -0.25) is 0 Å². The van der Waals surface area contributed by atoms with Gasteiger partial charge in [0, 0.05) is 0 Å². The van der Waals surface area contributed by atoms with Gasteiger partial charge >= 0.3 is 16.4 Å². The topological polar surface area (TPSA) is 110 Å². The van der Waals surface area contributed by atoms with Crippen molar-refractivity contribution in [3.8, 4) is 0 Å². The second-order valence-corrected chi connectivity index (χ2v) is 3.65. The molecule has 2 N–H and O–H groups in total. The maximum atomic E-state index is 10.8. The number of aliphatic hydroxyl groups is 1. The highest BCUT2D eigenvalue weighted by atomic mass is 32.3. The van der Waals surface area contributed by atoms with E-state index < -0.39 is 28.8 Å². The smallest absolute Gasteiger partial charge is 0.403 e. The SMILES string of the molecule is CCC(O)OS(=O)(=O)OC(C)C(=O)O. The molecule has 2 unspecified atom stereocenters. The zero-order valence-electron chi connectivity index (χ0n) is 7.71. The van der Waals surface area contributed by atoms with Gasteiger partial charge in [0.25, 0.3) is 0 Å². The van der Waals surface area contributed by atoms with Gasteiger partial charge in [0.2, 0.25) is 0 Å². The zero-order chi connectivity index (χ0) is 11.4. The molecule has 0 fully saturated rings. The molecular weight excluding hydrogens is 216 g/mol. The van der Waals surface area contributed by atoms with Crippen molar-refractivity contribution in [2.24, 2.45) is 0 Å². The molecule has 0 rings (SSSR count). The molecule has 0 spiro atoms. The van der Waals surface area contributed by atoms with Crippen molar-refractivity contribution in [2.45, 2.75) is 32.7 Å². The highest BCUT2D eigenvalue weighted by Gasteiger charge is 2.24. The maximum absolute atomic E-state index is 10.8. The lowest BCUT2D eigenvalue weighted by atomic mass is 10.4. The predicted octanol–water partition coefficient (Wildman–Crippen LogP) is -0.534. The summed E-state index contributed by atoms with van der Waals surface area (Å²) in [5.74, 6) is -1.44. The first kappa shape index (κ1) is 13.3. The van der Waals surface area contributed by atoms with Crippen LogP contribution in [0.2, 0.25) is 0 Å². The molecule has 84 valence electrons. The van der Waals surface area contributed by atoms with Crippen LogP contribution in [0.3, 0.4) is 0 Å². The van der Waals surface area contributed by atoms with E-state index in [9.17, 15) is 13.2 Å². The van der Waals surface area contributed by atoms with Gasteiger partial charge in [-0.2, -0.15) is 8.42 Å². The number of aliphatic hydroxyl groups excluding tert-OH is 1. The number of carboxylic acids is 1. The molecule has 0 aliphatic rings. The highest BCUT2D eigenvalue weighted by Crippen LogP contribution is 2.06. The third kappa shape index (κ3) is 5.12. The number of hydrogen-bond donors (Lipinski definition) is 2. The lowest BCUT2D eigenvalue weighted by molar-refractivity contribution is -0.145. The Morgan fingerprint density at radius 1 is 1.43 bits per heavy atom. The van der Waals surface area contributed by atoms with Crippen LogP contribution in [-0.2, 0) is 23.6 Å². The molecule has 0 amide bonds. The van der Waals surface area contributed by atoms with Crippen LogP contribution in [-0.4, -0.2) is 37.0 Å². The van der Waals surface area contributed by atoms with Gasteiger partial charge < -0.3 is 10.2 Å². The Hall–Kier alpha value is -0.700. The fraction of sp³-hybridized carbons (Fsp3) is 0.833. The summed E-state index contributed by atoms with van der Waals surface area (Å²) >= 11 is 0. The molecule has 0 heterocycles. The van der Waals surface area contributed by atoms with Gasteiger partial charge in [-0.1, -0.05) is 6.92 Å². The summed E-state index contributed by atoms with van der Waals surface area (Å²) in [6, 6.07) is 0. The Morgan fingerprint density at radius 3 is 2.29 bits per heavy atom. The molecule has 0 aromatic carbocycles. The van der Waals surface area contributed by atoms with Crippen LogP contribution >= 0.6 is 0 Å². The third-order valence-corrected chi connectivity index (χ3v) is 2.17. The normalized spacial score (nSPS) is 16.2. The lowest BCUT2D eigenvalue weighted by Crippen LogP contribution is -2.27. The molecule has 0 aliphatic heterocycles. The van der Waals surface area contributed by atoms with Gasteiger partial charge in [0.15, 0.2) is 12.4 Å². The van der Waals surface area contributed by atoms with Crippen LogP contribution in [0, 0.1) is 0 Å². The van der Waals surface area contributed by atoms with E-state index in [0.717, 1.165) is 6.92 Å². The highest BCUT2D eigenvalue weighted by molar-refractivity contribution is 7.81. The summed E-state index contributed by atoms with van der Waals surface area (Å²) in [4.78, 5) is 10.2. The van der Waals surface area contributed by atoms with Crippen molar-refractivity contribution in [1.82, 2.24) is 0 Å². The van der Waals surface area contributed by atoms with Crippen LogP contribution in [0.15, 0.2) is 0 Å². The molecule has 0 aliphatic carbocycles. The second-order valence-electron chi connectivity index (χ2n) is 2.44. The Balaban J connectivity index is 4.28. The quantitative estimate of drug-likeness (QED) is 0.587. The molecule has 7 nitrogen and oxygen atoms in total. The van der Waals surface area contributed by atoms with Crippen molar-refractivity contribution in [3.63, 3.8) is 0 Å². The summed E-state index contributed by atoms with van der Waals surface area (Å²) in [5.41, 5.74) is 0. The minimum absolute atomic E-state index is 0.0457. The van der Waals surface area contributed by atoms with Gasteiger partial charge in [-0.05, 0) is 13.3 Å². The molecule has 0 aromatic heterocycles. The fourth-order valence-electron chi connectivity index (χ4n) is 0.445. The van der Waals surface area contributed by atoms with E-state index in [0.29, 0.717) is 0 Å². The Labute approximate surface area is 81.6 Å². The summed E-state index contributed by atoms with van der Waals surface area (Å²) in [7, 11) is -4.47. The first-order valence-corrected chi connectivity index (χ1v) is 5.14. The predicted molar refractivity (Wildman–Crippen MR) is 44.5 cm³/mol. The van der Waals surface area contributed by atoms with E-state index in [2.05, 4.69) is 8.37 Å². The Kier molecular flexibility index (Phi) is 4.99. The minimum atomic E-state index is -4.47. The van der Waals surface area contributed by atoms with Gasteiger partial charge in [-0.15, -0.1) is 0 Å². The molecule has 0 aromatic rings.